The summed E-state index contributed by atoms with van der Waals surface area (Å²) >= 11 is 0. The molecular formula is C15H26N2O3. The quantitative estimate of drug-likeness (QED) is 0.765. The number of morpholine rings is 1. The van der Waals surface area contributed by atoms with Crippen molar-refractivity contribution in [2.75, 3.05) is 52.6 Å². The van der Waals surface area contributed by atoms with E-state index >= 15 is 0 Å². The highest BCUT2D eigenvalue weighted by Gasteiger charge is 2.29. The molecule has 20 heavy (non-hydrogen) atoms. The fraction of sp³-hybridized carbons (Fsp3) is 0.933. The van der Waals surface area contributed by atoms with E-state index < -0.39 is 0 Å². The minimum atomic E-state index is 0.334. The van der Waals surface area contributed by atoms with Gasteiger partial charge in [-0.25, -0.2) is 0 Å². The molecule has 1 amide bonds. The zero-order valence-corrected chi connectivity index (χ0v) is 12.3. The predicted molar refractivity (Wildman–Crippen MR) is 75.5 cm³/mol. The van der Waals surface area contributed by atoms with E-state index in [1.807, 2.05) is 0 Å². The van der Waals surface area contributed by atoms with Crippen molar-refractivity contribution in [2.24, 2.45) is 5.92 Å². The Bertz CT molecular complexity index is 317. The number of nitrogens with zero attached hydrogens (tertiary/aromatic N) is 2. The van der Waals surface area contributed by atoms with Crippen molar-refractivity contribution >= 4 is 5.91 Å². The number of ether oxygens (including phenoxy) is 2. The van der Waals surface area contributed by atoms with E-state index in [1.165, 1.54) is 0 Å². The summed E-state index contributed by atoms with van der Waals surface area (Å²) in [6, 6.07) is 0.651. The maximum atomic E-state index is 12.3. The van der Waals surface area contributed by atoms with Crippen molar-refractivity contribution in [3.63, 3.8) is 0 Å². The van der Waals surface area contributed by atoms with E-state index in [0.29, 0.717) is 24.3 Å². The number of carbonyl (C=O) groups excluding carboxylic acids is 1. The van der Waals surface area contributed by atoms with Gasteiger partial charge in [0.2, 0.25) is 5.91 Å². The Kier molecular flexibility index (Phi) is 4.91. The number of carbonyl (C=O) groups is 1. The molecule has 5 nitrogen and oxygen atoms in total. The molecule has 3 heterocycles. The molecule has 0 aromatic carbocycles. The molecule has 0 aromatic heterocycles. The lowest BCUT2D eigenvalue weighted by molar-refractivity contribution is -0.134. The molecule has 0 radical (unpaired) electrons. The van der Waals surface area contributed by atoms with Gasteiger partial charge in [-0.2, -0.15) is 0 Å². The van der Waals surface area contributed by atoms with E-state index in [1.54, 1.807) is 0 Å². The highest BCUT2D eigenvalue weighted by atomic mass is 16.5. The third-order valence-electron chi connectivity index (χ3n) is 4.87. The largest absolute Gasteiger partial charge is 0.381 e. The molecule has 5 heteroatoms. The molecule has 3 aliphatic heterocycles. The first-order chi connectivity index (χ1) is 9.83. The lowest BCUT2D eigenvalue weighted by atomic mass is 10.00. The zero-order valence-electron chi connectivity index (χ0n) is 12.3. The van der Waals surface area contributed by atoms with Crippen molar-refractivity contribution in [1.29, 1.82) is 0 Å². The molecule has 0 aliphatic carbocycles. The van der Waals surface area contributed by atoms with Crippen LogP contribution in [0.25, 0.3) is 0 Å². The number of likely N-dealkylation sites (tertiary alicyclic amines) is 1. The Morgan fingerprint density at radius 3 is 2.35 bits per heavy atom. The summed E-state index contributed by atoms with van der Waals surface area (Å²) in [5, 5.41) is 0. The topological polar surface area (TPSA) is 42.0 Å². The van der Waals surface area contributed by atoms with Crippen molar-refractivity contribution < 1.29 is 14.3 Å². The standard InChI is InChI=1S/C15H26N2O3/c18-15(11-13-3-8-20-12-13)17-4-1-14(2-5-17)16-6-9-19-10-7-16/h13-14H,1-12H2/t13-/m0/s1. The van der Waals surface area contributed by atoms with Gasteiger partial charge < -0.3 is 14.4 Å². The third-order valence-corrected chi connectivity index (χ3v) is 4.87. The second-order valence-electron chi connectivity index (χ2n) is 6.19. The SMILES string of the molecule is O=C(C[C@@H]1CCOC1)N1CCC(N2CCOCC2)CC1. The molecule has 0 N–H and O–H groups in total. The third kappa shape index (κ3) is 3.51. The molecule has 0 bridgehead atoms. The molecule has 3 rings (SSSR count). The van der Waals surface area contributed by atoms with Crippen LogP contribution in [0.15, 0.2) is 0 Å². The van der Waals surface area contributed by atoms with Crippen molar-refractivity contribution in [3.05, 3.63) is 0 Å². The first kappa shape index (κ1) is 14.3. The maximum Gasteiger partial charge on any atom is 0.222 e. The van der Waals surface area contributed by atoms with E-state index in [-0.39, 0.29) is 0 Å². The average Bonchev–Trinajstić information content (AvgIpc) is 3.01. The van der Waals surface area contributed by atoms with Crippen LogP contribution in [0.2, 0.25) is 0 Å². The molecule has 0 aromatic rings. The summed E-state index contributed by atoms with van der Waals surface area (Å²) in [5.74, 6) is 0.792. The number of hydrogen-bond acceptors (Lipinski definition) is 4. The average molecular weight is 282 g/mol. The molecule has 3 aliphatic rings. The smallest absolute Gasteiger partial charge is 0.222 e. The number of piperidine rings is 1. The van der Waals surface area contributed by atoms with Crippen LogP contribution >= 0.6 is 0 Å². The molecule has 114 valence electrons. The second kappa shape index (κ2) is 6.87. The number of amides is 1. The van der Waals surface area contributed by atoms with Crippen LogP contribution in [0.3, 0.4) is 0 Å². The maximum absolute atomic E-state index is 12.3. The summed E-state index contributed by atoms with van der Waals surface area (Å²) in [6.07, 6.45) is 3.97. The van der Waals surface area contributed by atoms with Crippen LogP contribution in [0.1, 0.15) is 25.7 Å². The van der Waals surface area contributed by atoms with Gasteiger partial charge in [0, 0.05) is 51.9 Å². The molecule has 3 fully saturated rings. The van der Waals surface area contributed by atoms with Gasteiger partial charge >= 0.3 is 0 Å². The van der Waals surface area contributed by atoms with Gasteiger partial charge in [0.15, 0.2) is 0 Å². The summed E-state index contributed by atoms with van der Waals surface area (Å²) in [4.78, 5) is 16.9. The molecule has 0 spiro atoms. The van der Waals surface area contributed by atoms with Gasteiger partial charge in [-0.3, -0.25) is 9.69 Å². The summed E-state index contributed by atoms with van der Waals surface area (Å²) in [5.41, 5.74) is 0. The minimum Gasteiger partial charge on any atom is -0.381 e. The summed E-state index contributed by atoms with van der Waals surface area (Å²) in [7, 11) is 0. The fourth-order valence-electron chi connectivity index (χ4n) is 3.54. The lowest BCUT2D eigenvalue weighted by Gasteiger charge is -2.40. The highest BCUT2D eigenvalue weighted by Crippen LogP contribution is 2.21. The van der Waals surface area contributed by atoms with Crippen LogP contribution in [-0.4, -0.2) is 74.4 Å². The van der Waals surface area contributed by atoms with Gasteiger partial charge in [0.25, 0.3) is 0 Å². The minimum absolute atomic E-state index is 0.334. The first-order valence-electron chi connectivity index (χ1n) is 8.00. The first-order valence-corrected chi connectivity index (χ1v) is 8.00. The van der Waals surface area contributed by atoms with E-state index in [2.05, 4.69) is 9.80 Å². The Hall–Kier alpha value is -0.650. The van der Waals surface area contributed by atoms with Crippen LogP contribution in [0.5, 0.6) is 0 Å². The monoisotopic (exact) mass is 282 g/mol. The van der Waals surface area contributed by atoms with E-state index in [0.717, 1.165) is 71.9 Å². The Labute approximate surface area is 121 Å². The Morgan fingerprint density at radius 2 is 1.70 bits per heavy atom. The molecular weight excluding hydrogens is 256 g/mol. The second-order valence-corrected chi connectivity index (χ2v) is 6.19. The van der Waals surface area contributed by atoms with Gasteiger partial charge in [0.1, 0.15) is 0 Å². The lowest BCUT2D eigenvalue weighted by Crippen LogP contribution is -2.50. The van der Waals surface area contributed by atoms with Gasteiger partial charge in [-0.1, -0.05) is 0 Å². The summed E-state index contributed by atoms with van der Waals surface area (Å²) < 4.78 is 10.8. The molecule has 0 unspecified atom stereocenters. The Balaban J connectivity index is 1.41. The number of hydrogen-bond donors (Lipinski definition) is 0. The van der Waals surface area contributed by atoms with Gasteiger partial charge in [-0.05, 0) is 25.2 Å². The zero-order chi connectivity index (χ0) is 13.8. The number of rotatable bonds is 3. The molecule has 0 saturated carbocycles. The van der Waals surface area contributed by atoms with Gasteiger partial charge in [0.05, 0.1) is 13.2 Å². The fourth-order valence-corrected chi connectivity index (χ4v) is 3.54. The van der Waals surface area contributed by atoms with Crippen molar-refractivity contribution in [1.82, 2.24) is 9.80 Å². The highest BCUT2D eigenvalue weighted by molar-refractivity contribution is 5.76. The normalized spacial score (nSPS) is 29.8. The molecule has 1 atom stereocenters. The van der Waals surface area contributed by atoms with Crippen LogP contribution < -0.4 is 0 Å². The van der Waals surface area contributed by atoms with Gasteiger partial charge in [-0.15, -0.1) is 0 Å². The van der Waals surface area contributed by atoms with Crippen LogP contribution in [0.4, 0.5) is 0 Å². The van der Waals surface area contributed by atoms with E-state index in [9.17, 15) is 4.79 Å². The van der Waals surface area contributed by atoms with Crippen molar-refractivity contribution in [2.45, 2.75) is 31.7 Å². The predicted octanol–water partition coefficient (Wildman–Crippen LogP) is 0.736. The Morgan fingerprint density at radius 1 is 0.950 bits per heavy atom. The van der Waals surface area contributed by atoms with Crippen molar-refractivity contribution in [3.8, 4) is 0 Å². The van der Waals surface area contributed by atoms with Crippen LogP contribution in [0, 0.1) is 5.92 Å². The molecule has 3 saturated heterocycles. The van der Waals surface area contributed by atoms with E-state index in [4.69, 9.17) is 9.47 Å². The summed E-state index contributed by atoms with van der Waals surface area (Å²) in [6.45, 7) is 7.29. The van der Waals surface area contributed by atoms with Crippen LogP contribution in [-0.2, 0) is 14.3 Å².